The molecule has 3 heteroatoms. The Morgan fingerprint density at radius 2 is 2.06 bits per heavy atom. The van der Waals surface area contributed by atoms with Gasteiger partial charge in [-0.2, -0.15) is 0 Å². The van der Waals surface area contributed by atoms with Crippen molar-refractivity contribution in [1.29, 1.82) is 0 Å². The van der Waals surface area contributed by atoms with Crippen molar-refractivity contribution >= 4 is 5.82 Å². The second-order valence-electron chi connectivity index (χ2n) is 4.23. The topological polar surface area (TPSA) is 34.1 Å². The standard InChI is InChI=1S/C14H24N2O/c1-3-4-5-6-7-11-17-12-13-9-8-10-16-14(13)15-2/h8-10H,3-7,11-12H2,1-2H3,(H,15,16). The predicted molar refractivity (Wildman–Crippen MR) is 72.2 cm³/mol. The van der Waals surface area contributed by atoms with Crippen molar-refractivity contribution < 1.29 is 4.74 Å². The minimum Gasteiger partial charge on any atom is -0.377 e. The van der Waals surface area contributed by atoms with Crippen molar-refractivity contribution in [3.05, 3.63) is 23.9 Å². The van der Waals surface area contributed by atoms with Gasteiger partial charge in [0.05, 0.1) is 6.61 Å². The average molecular weight is 236 g/mol. The smallest absolute Gasteiger partial charge is 0.131 e. The number of hydrogen-bond acceptors (Lipinski definition) is 3. The Kier molecular flexibility index (Phi) is 7.39. The van der Waals surface area contributed by atoms with Crippen LogP contribution in [-0.2, 0) is 11.3 Å². The van der Waals surface area contributed by atoms with Crippen molar-refractivity contribution in [2.75, 3.05) is 19.0 Å². The number of ether oxygens (including phenoxy) is 1. The van der Waals surface area contributed by atoms with Gasteiger partial charge < -0.3 is 10.1 Å². The molecule has 0 aromatic carbocycles. The summed E-state index contributed by atoms with van der Waals surface area (Å²) in [5, 5.41) is 3.07. The van der Waals surface area contributed by atoms with E-state index in [2.05, 4.69) is 23.3 Å². The van der Waals surface area contributed by atoms with Gasteiger partial charge in [0.2, 0.25) is 0 Å². The molecule has 1 heterocycles. The van der Waals surface area contributed by atoms with Crippen LogP contribution in [0.25, 0.3) is 0 Å². The van der Waals surface area contributed by atoms with Crippen LogP contribution < -0.4 is 5.32 Å². The second-order valence-corrected chi connectivity index (χ2v) is 4.23. The molecule has 1 aromatic heterocycles. The first-order chi connectivity index (χ1) is 8.38. The van der Waals surface area contributed by atoms with Crippen LogP contribution in [0.4, 0.5) is 5.82 Å². The van der Waals surface area contributed by atoms with Gasteiger partial charge in [-0.25, -0.2) is 4.98 Å². The Bertz CT molecular complexity index is 302. The van der Waals surface area contributed by atoms with E-state index in [1.165, 1.54) is 25.7 Å². The molecule has 1 aromatic rings. The molecule has 3 nitrogen and oxygen atoms in total. The van der Waals surface area contributed by atoms with Gasteiger partial charge in [0.1, 0.15) is 5.82 Å². The summed E-state index contributed by atoms with van der Waals surface area (Å²) in [5.41, 5.74) is 1.13. The van der Waals surface area contributed by atoms with Crippen LogP contribution in [0.3, 0.4) is 0 Å². The minimum absolute atomic E-state index is 0.651. The van der Waals surface area contributed by atoms with Crippen molar-refractivity contribution in [3.63, 3.8) is 0 Å². The summed E-state index contributed by atoms with van der Waals surface area (Å²) in [4.78, 5) is 4.25. The summed E-state index contributed by atoms with van der Waals surface area (Å²) in [6, 6.07) is 4.00. The third-order valence-electron chi connectivity index (χ3n) is 2.78. The lowest BCUT2D eigenvalue weighted by molar-refractivity contribution is 0.117. The van der Waals surface area contributed by atoms with E-state index >= 15 is 0 Å². The fraction of sp³-hybridized carbons (Fsp3) is 0.643. The first kappa shape index (κ1) is 14.0. The van der Waals surface area contributed by atoms with Crippen LogP contribution in [0.1, 0.15) is 44.6 Å². The quantitative estimate of drug-likeness (QED) is 0.665. The van der Waals surface area contributed by atoms with Gasteiger partial charge in [-0.1, -0.05) is 38.7 Å². The van der Waals surface area contributed by atoms with E-state index in [9.17, 15) is 0 Å². The first-order valence-corrected chi connectivity index (χ1v) is 6.58. The van der Waals surface area contributed by atoms with Gasteiger partial charge in [-0.05, 0) is 12.5 Å². The van der Waals surface area contributed by atoms with E-state index in [0.717, 1.165) is 24.4 Å². The molecule has 17 heavy (non-hydrogen) atoms. The number of unbranched alkanes of at least 4 members (excludes halogenated alkanes) is 4. The highest BCUT2D eigenvalue weighted by Gasteiger charge is 2.00. The van der Waals surface area contributed by atoms with Crippen LogP contribution in [0, 0.1) is 0 Å². The summed E-state index contributed by atoms with van der Waals surface area (Å²) in [6.45, 7) is 3.73. The third kappa shape index (κ3) is 5.68. The van der Waals surface area contributed by atoms with E-state index < -0.39 is 0 Å². The van der Waals surface area contributed by atoms with Crippen LogP contribution in [0.15, 0.2) is 18.3 Å². The SMILES string of the molecule is CCCCCCCOCc1cccnc1NC. The molecule has 1 N–H and O–H groups in total. The summed E-state index contributed by atoms with van der Waals surface area (Å²) in [5.74, 6) is 0.915. The molecule has 0 saturated carbocycles. The molecule has 0 unspecified atom stereocenters. The lowest BCUT2D eigenvalue weighted by Gasteiger charge is -2.08. The zero-order valence-corrected chi connectivity index (χ0v) is 11.0. The highest BCUT2D eigenvalue weighted by molar-refractivity contribution is 5.42. The summed E-state index contributed by atoms with van der Waals surface area (Å²) >= 11 is 0. The van der Waals surface area contributed by atoms with Crippen molar-refractivity contribution in [1.82, 2.24) is 4.98 Å². The minimum atomic E-state index is 0.651. The van der Waals surface area contributed by atoms with Crippen molar-refractivity contribution in [2.45, 2.75) is 45.6 Å². The van der Waals surface area contributed by atoms with Gasteiger partial charge in [0.15, 0.2) is 0 Å². The van der Waals surface area contributed by atoms with E-state index in [4.69, 9.17) is 4.74 Å². The fourth-order valence-electron chi connectivity index (χ4n) is 1.77. The Morgan fingerprint density at radius 3 is 2.82 bits per heavy atom. The average Bonchev–Trinajstić information content (AvgIpc) is 2.38. The Morgan fingerprint density at radius 1 is 1.24 bits per heavy atom. The first-order valence-electron chi connectivity index (χ1n) is 6.58. The maximum absolute atomic E-state index is 5.66. The van der Waals surface area contributed by atoms with E-state index in [1.54, 1.807) is 6.20 Å². The van der Waals surface area contributed by atoms with E-state index in [-0.39, 0.29) is 0 Å². The highest BCUT2D eigenvalue weighted by Crippen LogP contribution is 2.12. The normalized spacial score (nSPS) is 10.5. The number of rotatable bonds is 9. The lowest BCUT2D eigenvalue weighted by Crippen LogP contribution is -2.01. The highest BCUT2D eigenvalue weighted by atomic mass is 16.5. The van der Waals surface area contributed by atoms with Crippen LogP contribution in [0.2, 0.25) is 0 Å². The van der Waals surface area contributed by atoms with Crippen molar-refractivity contribution in [3.8, 4) is 0 Å². The maximum atomic E-state index is 5.66. The molecule has 0 amide bonds. The number of nitrogens with one attached hydrogen (secondary N) is 1. The monoisotopic (exact) mass is 236 g/mol. The summed E-state index contributed by atoms with van der Waals surface area (Å²) in [6.07, 6.45) is 8.19. The molecule has 0 spiro atoms. The molecule has 96 valence electrons. The number of hydrogen-bond donors (Lipinski definition) is 1. The molecular formula is C14H24N2O. The molecular weight excluding hydrogens is 212 g/mol. The summed E-state index contributed by atoms with van der Waals surface area (Å²) < 4.78 is 5.66. The zero-order valence-electron chi connectivity index (χ0n) is 11.0. The van der Waals surface area contributed by atoms with Crippen LogP contribution in [-0.4, -0.2) is 18.6 Å². The molecule has 0 radical (unpaired) electrons. The molecule has 0 aliphatic heterocycles. The lowest BCUT2D eigenvalue weighted by atomic mass is 10.2. The number of pyridine rings is 1. The van der Waals surface area contributed by atoms with Gasteiger partial charge >= 0.3 is 0 Å². The molecule has 0 fully saturated rings. The van der Waals surface area contributed by atoms with Gasteiger partial charge in [0, 0.05) is 25.4 Å². The largest absolute Gasteiger partial charge is 0.377 e. The third-order valence-corrected chi connectivity index (χ3v) is 2.78. The molecule has 0 aliphatic carbocycles. The van der Waals surface area contributed by atoms with E-state index in [1.807, 2.05) is 13.1 Å². The second kappa shape index (κ2) is 8.99. The van der Waals surface area contributed by atoms with Gasteiger partial charge in [0.25, 0.3) is 0 Å². The molecule has 0 saturated heterocycles. The van der Waals surface area contributed by atoms with Crippen molar-refractivity contribution in [2.24, 2.45) is 0 Å². The van der Waals surface area contributed by atoms with E-state index in [0.29, 0.717) is 6.61 Å². The summed E-state index contributed by atoms with van der Waals surface area (Å²) in [7, 11) is 1.89. The predicted octanol–water partition coefficient (Wildman–Crippen LogP) is 3.61. The molecule has 0 bridgehead atoms. The van der Waals surface area contributed by atoms with Crippen LogP contribution in [0.5, 0.6) is 0 Å². The Labute approximate surface area is 105 Å². The van der Waals surface area contributed by atoms with Gasteiger partial charge in [-0.15, -0.1) is 0 Å². The number of anilines is 1. The zero-order chi connectivity index (χ0) is 12.3. The molecule has 0 aliphatic rings. The molecule has 0 atom stereocenters. The molecule has 1 rings (SSSR count). The number of aromatic nitrogens is 1. The fourth-order valence-corrected chi connectivity index (χ4v) is 1.77. The Hall–Kier alpha value is -1.09. The van der Waals surface area contributed by atoms with Crippen LogP contribution >= 0.6 is 0 Å². The van der Waals surface area contributed by atoms with Gasteiger partial charge in [-0.3, -0.25) is 0 Å². The maximum Gasteiger partial charge on any atom is 0.131 e. The number of nitrogens with zero attached hydrogens (tertiary/aromatic N) is 1. The Balaban J connectivity index is 2.13.